The van der Waals surface area contributed by atoms with Crippen LogP contribution in [0.15, 0.2) is 54.6 Å². The molecule has 0 aromatic heterocycles. The fourth-order valence-electron chi connectivity index (χ4n) is 1.99. The number of halogens is 1. The molecule has 0 aliphatic heterocycles. The monoisotopic (exact) mass is 352 g/mol. The largest absolute Gasteiger partial charge is 0.388 e. The highest BCUT2D eigenvalue weighted by Gasteiger charge is 2.06. The maximum Gasteiger partial charge on any atom is 0.0790 e. The Morgan fingerprint density at radius 2 is 1.61 bits per heavy atom. The van der Waals surface area contributed by atoms with E-state index in [1.54, 1.807) is 0 Å². The second kappa shape index (κ2) is 6.90. The van der Waals surface area contributed by atoms with Gasteiger partial charge in [0.15, 0.2) is 0 Å². The Balaban J connectivity index is 1.80. The summed E-state index contributed by atoms with van der Waals surface area (Å²) in [6.07, 6.45) is 2.52. The Labute approximate surface area is 122 Å². The predicted molar refractivity (Wildman–Crippen MR) is 83.5 cm³/mol. The van der Waals surface area contributed by atoms with Gasteiger partial charge in [0.1, 0.15) is 0 Å². The van der Waals surface area contributed by atoms with Crippen molar-refractivity contribution >= 4 is 22.6 Å². The lowest BCUT2D eigenvalue weighted by molar-refractivity contribution is 0.164. The van der Waals surface area contributed by atoms with Crippen molar-refractivity contribution in [2.24, 2.45) is 0 Å². The van der Waals surface area contributed by atoms with Crippen LogP contribution in [-0.2, 0) is 6.42 Å². The molecule has 1 N–H and O–H groups in total. The number of hydrogen-bond donors (Lipinski definition) is 1. The summed E-state index contributed by atoms with van der Waals surface area (Å²) in [5.74, 6) is 0. The first kappa shape index (κ1) is 13.6. The van der Waals surface area contributed by atoms with Gasteiger partial charge >= 0.3 is 0 Å². The van der Waals surface area contributed by atoms with Crippen LogP contribution in [0.3, 0.4) is 0 Å². The molecule has 0 amide bonds. The third kappa shape index (κ3) is 4.10. The van der Waals surface area contributed by atoms with Gasteiger partial charge in [-0.1, -0.05) is 42.5 Å². The number of hydrogen-bond acceptors (Lipinski definition) is 1. The molecule has 0 radical (unpaired) electrons. The van der Waals surface area contributed by atoms with Gasteiger partial charge in [0, 0.05) is 3.57 Å². The van der Waals surface area contributed by atoms with E-state index in [2.05, 4.69) is 46.9 Å². The first-order valence-electron chi connectivity index (χ1n) is 6.23. The van der Waals surface area contributed by atoms with Gasteiger partial charge in [0.05, 0.1) is 6.10 Å². The third-order valence-corrected chi connectivity index (χ3v) is 3.76. The smallest absolute Gasteiger partial charge is 0.0790 e. The summed E-state index contributed by atoms with van der Waals surface area (Å²) in [5.41, 5.74) is 2.36. The van der Waals surface area contributed by atoms with Crippen molar-refractivity contribution < 1.29 is 5.11 Å². The van der Waals surface area contributed by atoms with Crippen LogP contribution in [0.1, 0.15) is 30.1 Å². The molecular formula is C16H17IO. The molecule has 0 spiro atoms. The second-order valence-electron chi connectivity index (χ2n) is 4.45. The normalized spacial score (nSPS) is 12.3. The maximum atomic E-state index is 10.0. The SMILES string of the molecule is OC(CCCc1ccc(I)cc1)c1ccccc1. The van der Waals surface area contributed by atoms with E-state index < -0.39 is 0 Å². The van der Waals surface area contributed by atoms with Crippen LogP contribution in [0, 0.1) is 3.57 Å². The van der Waals surface area contributed by atoms with Crippen LogP contribution >= 0.6 is 22.6 Å². The second-order valence-corrected chi connectivity index (χ2v) is 5.69. The minimum Gasteiger partial charge on any atom is -0.388 e. The van der Waals surface area contributed by atoms with Gasteiger partial charge in [-0.15, -0.1) is 0 Å². The predicted octanol–water partition coefficient (Wildman–Crippen LogP) is 4.35. The first-order chi connectivity index (χ1) is 8.75. The van der Waals surface area contributed by atoms with Gasteiger partial charge in [-0.2, -0.15) is 0 Å². The van der Waals surface area contributed by atoms with Crippen molar-refractivity contribution in [1.29, 1.82) is 0 Å². The van der Waals surface area contributed by atoms with Crippen molar-refractivity contribution in [3.8, 4) is 0 Å². The van der Waals surface area contributed by atoms with Crippen LogP contribution in [0.5, 0.6) is 0 Å². The average Bonchev–Trinajstić information content (AvgIpc) is 2.42. The molecule has 0 saturated heterocycles. The summed E-state index contributed by atoms with van der Waals surface area (Å²) in [7, 11) is 0. The maximum absolute atomic E-state index is 10.0. The van der Waals surface area contributed by atoms with Crippen molar-refractivity contribution in [2.75, 3.05) is 0 Å². The Hall–Kier alpha value is -0.870. The lowest BCUT2D eigenvalue weighted by Gasteiger charge is -2.10. The van der Waals surface area contributed by atoms with Crippen LogP contribution < -0.4 is 0 Å². The van der Waals surface area contributed by atoms with E-state index >= 15 is 0 Å². The summed E-state index contributed by atoms with van der Waals surface area (Å²) in [6, 6.07) is 18.5. The minimum absolute atomic E-state index is 0.338. The Bertz CT molecular complexity index is 464. The fraction of sp³-hybridized carbons (Fsp3) is 0.250. The molecule has 2 aromatic carbocycles. The Morgan fingerprint density at radius 3 is 2.28 bits per heavy atom. The molecule has 0 bridgehead atoms. The molecule has 1 unspecified atom stereocenters. The molecule has 0 saturated carbocycles. The number of rotatable bonds is 5. The van der Waals surface area contributed by atoms with E-state index in [0.29, 0.717) is 0 Å². The van der Waals surface area contributed by atoms with E-state index in [1.807, 2.05) is 30.3 Å². The summed E-state index contributed by atoms with van der Waals surface area (Å²) >= 11 is 2.31. The summed E-state index contributed by atoms with van der Waals surface area (Å²) in [6.45, 7) is 0. The van der Waals surface area contributed by atoms with E-state index in [4.69, 9.17) is 0 Å². The molecule has 1 atom stereocenters. The van der Waals surface area contributed by atoms with Crippen molar-refractivity contribution in [1.82, 2.24) is 0 Å². The molecule has 18 heavy (non-hydrogen) atoms. The van der Waals surface area contributed by atoms with Gasteiger partial charge in [-0.3, -0.25) is 0 Å². The molecule has 0 aliphatic carbocycles. The van der Waals surface area contributed by atoms with Gasteiger partial charge in [0.25, 0.3) is 0 Å². The summed E-state index contributed by atoms with van der Waals surface area (Å²) in [4.78, 5) is 0. The fourth-order valence-corrected chi connectivity index (χ4v) is 2.35. The molecule has 1 nitrogen and oxygen atoms in total. The lowest BCUT2D eigenvalue weighted by atomic mass is 10.0. The van der Waals surface area contributed by atoms with E-state index in [9.17, 15) is 5.11 Å². The van der Waals surface area contributed by atoms with Crippen molar-refractivity contribution in [2.45, 2.75) is 25.4 Å². The van der Waals surface area contributed by atoms with Gasteiger partial charge in [0.2, 0.25) is 0 Å². The number of benzene rings is 2. The molecular weight excluding hydrogens is 335 g/mol. The van der Waals surface area contributed by atoms with E-state index in [-0.39, 0.29) is 6.10 Å². The van der Waals surface area contributed by atoms with Crippen LogP contribution in [-0.4, -0.2) is 5.11 Å². The van der Waals surface area contributed by atoms with Gasteiger partial charge < -0.3 is 5.11 Å². The molecule has 0 heterocycles. The third-order valence-electron chi connectivity index (χ3n) is 3.04. The zero-order valence-electron chi connectivity index (χ0n) is 10.2. The van der Waals surface area contributed by atoms with Crippen LogP contribution in [0.4, 0.5) is 0 Å². The molecule has 94 valence electrons. The summed E-state index contributed by atoms with van der Waals surface area (Å²) < 4.78 is 1.26. The average molecular weight is 352 g/mol. The van der Waals surface area contributed by atoms with E-state index in [0.717, 1.165) is 24.8 Å². The Morgan fingerprint density at radius 1 is 0.944 bits per heavy atom. The standard InChI is InChI=1S/C16H17IO/c17-15-11-9-13(10-12-15)5-4-8-16(18)14-6-2-1-3-7-14/h1-3,6-7,9-12,16,18H,4-5,8H2. The molecule has 2 aromatic rings. The Kier molecular flexibility index (Phi) is 5.20. The highest BCUT2D eigenvalue weighted by molar-refractivity contribution is 14.1. The molecule has 0 aliphatic rings. The minimum atomic E-state index is -0.338. The lowest BCUT2D eigenvalue weighted by Crippen LogP contribution is -1.98. The highest BCUT2D eigenvalue weighted by atomic mass is 127. The molecule has 0 fully saturated rings. The number of aliphatic hydroxyl groups excluding tert-OH is 1. The van der Waals surface area contributed by atoms with Crippen LogP contribution in [0.25, 0.3) is 0 Å². The van der Waals surface area contributed by atoms with Gasteiger partial charge in [-0.05, 0) is 65.1 Å². The first-order valence-corrected chi connectivity index (χ1v) is 7.31. The molecule has 2 heteroatoms. The van der Waals surface area contributed by atoms with E-state index in [1.165, 1.54) is 9.13 Å². The van der Waals surface area contributed by atoms with Crippen LogP contribution in [0.2, 0.25) is 0 Å². The highest BCUT2D eigenvalue weighted by Crippen LogP contribution is 2.19. The topological polar surface area (TPSA) is 20.2 Å². The van der Waals surface area contributed by atoms with Gasteiger partial charge in [-0.25, -0.2) is 0 Å². The number of aryl methyl sites for hydroxylation is 1. The molecule has 2 rings (SSSR count). The number of aliphatic hydroxyl groups is 1. The zero-order chi connectivity index (χ0) is 12.8. The summed E-state index contributed by atoms with van der Waals surface area (Å²) in [5, 5.41) is 10.0. The van der Waals surface area contributed by atoms with Crippen molar-refractivity contribution in [3.63, 3.8) is 0 Å². The zero-order valence-corrected chi connectivity index (χ0v) is 12.4. The van der Waals surface area contributed by atoms with Crippen molar-refractivity contribution in [3.05, 3.63) is 69.3 Å². The quantitative estimate of drug-likeness (QED) is 0.794.